The van der Waals surface area contributed by atoms with Crippen LogP contribution in [0.4, 0.5) is 5.69 Å². The highest BCUT2D eigenvalue weighted by Crippen LogP contribution is 2.27. The fraction of sp³-hybridized carbons (Fsp3) is 0.154. The van der Waals surface area contributed by atoms with Gasteiger partial charge in [-0.3, -0.25) is 9.78 Å². The molecule has 4 aromatic heterocycles. The normalized spacial score (nSPS) is 11.2. The van der Waals surface area contributed by atoms with Crippen LogP contribution >= 0.6 is 0 Å². The maximum absolute atomic E-state index is 13.3. The predicted molar refractivity (Wildman–Crippen MR) is 127 cm³/mol. The maximum atomic E-state index is 13.3. The van der Waals surface area contributed by atoms with E-state index in [1.807, 2.05) is 61.0 Å². The molecular weight excluding hydrogens is 414 g/mol. The van der Waals surface area contributed by atoms with Gasteiger partial charge < -0.3 is 9.73 Å². The summed E-state index contributed by atoms with van der Waals surface area (Å²) in [6, 6.07) is 17.3. The molecule has 0 aliphatic heterocycles. The van der Waals surface area contributed by atoms with Gasteiger partial charge in [0.25, 0.3) is 5.91 Å². The van der Waals surface area contributed by atoms with Crippen LogP contribution in [0.15, 0.2) is 83.9 Å². The number of hydrogen-bond donors (Lipinski definition) is 1. The first-order valence-electron chi connectivity index (χ1n) is 10.8. The van der Waals surface area contributed by atoms with Gasteiger partial charge in [-0.1, -0.05) is 12.1 Å². The van der Waals surface area contributed by atoms with Crippen LogP contribution in [0, 0.1) is 0 Å². The van der Waals surface area contributed by atoms with Crippen LogP contribution in [0.3, 0.4) is 0 Å². The van der Waals surface area contributed by atoms with Crippen LogP contribution < -0.4 is 5.32 Å². The molecule has 164 valence electrons. The van der Waals surface area contributed by atoms with Crippen molar-refractivity contribution in [3.63, 3.8) is 0 Å². The Morgan fingerprint density at radius 1 is 1.06 bits per heavy atom. The van der Waals surface area contributed by atoms with Gasteiger partial charge in [0.2, 0.25) is 0 Å². The van der Waals surface area contributed by atoms with E-state index in [4.69, 9.17) is 9.40 Å². The molecule has 0 radical (unpaired) electrons. The second kappa shape index (κ2) is 8.70. The first kappa shape index (κ1) is 20.6. The largest absolute Gasteiger partial charge is 0.463 e. The average molecular weight is 438 g/mol. The van der Waals surface area contributed by atoms with E-state index in [9.17, 15) is 4.79 Å². The Morgan fingerprint density at radius 2 is 1.82 bits per heavy atom. The highest BCUT2D eigenvalue weighted by molar-refractivity contribution is 6.12. The Hall–Kier alpha value is -4.26. The molecule has 5 aromatic rings. The van der Waals surface area contributed by atoms with E-state index in [0.717, 1.165) is 17.7 Å². The predicted octanol–water partition coefficient (Wildman–Crippen LogP) is 5.51. The molecule has 0 saturated heterocycles. The molecule has 0 atom stereocenters. The maximum Gasteiger partial charge on any atom is 0.256 e. The van der Waals surface area contributed by atoms with E-state index in [2.05, 4.69) is 15.4 Å². The number of carbonyl (C=O) groups is 1. The van der Waals surface area contributed by atoms with Crippen LogP contribution in [0.1, 0.15) is 41.4 Å². The Bertz CT molecular complexity index is 1390. The molecule has 7 heteroatoms. The van der Waals surface area contributed by atoms with Gasteiger partial charge in [0, 0.05) is 24.1 Å². The molecule has 1 amide bonds. The lowest BCUT2D eigenvalue weighted by Gasteiger charge is -2.11. The molecule has 5 rings (SSSR count). The van der Waals surface area contributed by atoms with Crippen molar-refractivity contribution >= 4 is 22.6 Å². The minimum atomic E-state index is -0.222. The standard InChI is InChI=1S/C26H23N5O2/c1-17(2)31-25-22(16-28-31)21(15-23(30-25)24-4-3-13-33-24)26(32)29-20-7-5-18(6-8-20)14-19-9-11-27-12-10-19/h3-13,15-17H,14H2,1-2H3,(H,29,32). The zero-order valence-corrected chi connectivity index (χ0v) is 18.4. The molecule has 0 aliphatic carbocycles. The second-order valence-electron chi connectivity index (χ2n) is 8.14. The molecule has 1 aromatic carbocycles. The molecule has 0 unspecified atom stereocenters. The molecule has 4 heterocycles. The number of nitrogens with one attached hydrogen (secondary N) is 1. The third-order valence-electron chi connectivity index (χ3n) is 5.44. The van der Waals surface area contributed by atoms with E-state index >= 15 is 0 Å². The molecule has 0 saturated carbocycles. The number of carbonyl (C=O) groups excluding carboxylic acids is 1. The fourth-order valence-corrected chi connectivity index (χ4v) is 3.78. The lowest BCUT2D eigenvalue weighted by Crippen LogP contribution is -2.13. The van der Waals surface area contributed by atoms with Crippen LogP contribution in [0.25, 0.3) is 22.5 Å². The zero-order valence-electron chi connectivity index (χ0n) is 18.4. The first-order chi connectivity index (χ1) is 16.1. The Balaban J connectivity index is 1.44. The highest BCUT2D eigenvalue weighted by atomic mass is 16.3. The van der Waals surface area contributed by atoms with E-state index < -0.39 is 0 Å². The van der Waals surface area contributed by atoms with Gasteiger partial charge in [-0.2, -0.15) is 5.10 Å². The number of aromatic nitrogens is 4. The number of rotatable bonds is 6. The van der Waals surface area contributed by atoms with Gasteiger partial charge >= 0.3 is 0 Å². The third-order valence-corrected chi connectivity index (χ3v) is 5.44. The number of hydrogen-bond acceptors (Lipinski definition) is 5. The summed E-state index contributed by atoms with van der Waals surface area (Å²) in [5.41, 5.74) is 4.81. The van der Waals surface area contributed by atoms with Crippen molar-refractivity contribution in [2.75, 3.05) is 5.32 Å². The van der Waals surface area contributed by atoms with Crippen LogP contribution in [-0.4, -0.2) is 25.7 Å². The molecule has 0 aliphatic rings. The summed E-state index contributed by atoms with van der Waals surface area (Å²) in [5, 5.41) is 8.17. The number of fused-ring (bicyclic) bond motifs is 1. The van der Waals surface area contributed by atoms with Crippen molar-refractivity contribution in [3.8, 4) is 11.5 Å². The van der Waals surface area contributed by atoms with Crippen molar-refractivity contribution in [3.05, 3.63) is 96.1 Å². The number of furan rings is 1. The van der Waals surface area contributed by atoms with Gasteiger partial charge in [-0.25, -0.2) is 9.67 Å². The van der Waals surface area contributed by atoms with Crippen LogP contribution in [0.2, 0.25) is 0 Å². The minimum Gasteiger partial charge on any atom is -0.463 e. The van der Waals surface area contributed by atoms with Gasteiger partial charge in [0.05, 0.1) is 23.4 Å². The summed E-state index contributed by atoms with van der Waals surface area (Å²) in [4.78, 5) is 22.1. The lowest BCUT2D eigenvalue weighted by molar-refractivity contribution is 0.102. The van der Waals surface area contributed by atoms with Crippen LogP contribution in [0.5, 0.6) is 0 Å². The summed E-state index contributed by atoms with van der Waals surface area (Å²) in [5.74, 6) is 0.378. The molecule has 0 fully saturated rings. The summed E-state index contributed by atoms with van der Waals surface area (Å²) in [7, 11) is 0. The SMILES string of the molecule is CC(C)n1ncc2c(C(=O)Nc3ccc(Cc4ccncc4)cc3)cc(-c3ccco3)nc21. The molecular formula is C26H23N5O2. The van der Waals surface area contributed by atoms with E-state index in [-0.39, 0.29) is 11.9 Å². The van der Waals surface area contributed by atoms with E-state index in [0.29, 0.717) is 28.1 Å². The Labute approximate surface area is 191 Å². The van der Waals surface area contributed by atoms with Crippen molar-refractivity contribution in [2.24, 2.45) is 0 Å². The second-order valence-corrected chi connectivity index (χ2v) is 8.14. The average Bonchev–Trinajstić information content (AvgIpc) is 3.50. The molecule has 0 bridgehead atoms. The summed E-state index contributed by atoms with van der Waals surface area (Å²) >= 11 is 0. The fourth-order valence-electron chi connectivity index (χ4n) is 3.78. The molecule has 7 nitrogen and oxygen atoms in total. The van der Waals surface area contributed by atoms with Gasteiger partial charge in [0.15, 0.2) is 11.4 Å². The number of nitrogens with zero attached hydrogens (tertiary/aromatic N) is 4. The van der Waals surface area contributed by atoms with Crippen molar-refractivity contribution < 1.29 is 9.21 Å². The number of amides is 1. The van der Waals surface area contributed by atoms with Crippen molar-refractivity contribution in [1.29, 1.82) is 0 Å². The summed E-state index contributed by atoms with van der Waals surface area (Å²) < 4.78 is 7.34. The molecule has 1 N–H and O–H groups in total. The topological polar surface area (TPSA) is 85.8 Å². The lowest BCUT2D eigenvalue weighted by atomic mass is 10.1. The van der Waals surface area contributed by atoms with Gasteiger partial charge in [-0.05, 0) is 73.9 Å². The Morgan fingerprint density at radius 3 is 2.52 bits per heavy atom. The van der Waals surface area contributed by atoms with Crippen LogP contribution in [-0.2, 0) is 6.42 Å². The monoisotopic (exact) mass is 437 g/mol. The number of pyridine rings is 2. The molecule has 33 heavy (non-hydrogen) atoms. The number of anilines is 1. The smallest absolute Gasteiger partial charge is 0.256 e. The summed E-state index contributed by atoms with van der Waals surface area (Å²) in [6.45, 7) is 4.06. The minimum absolute atomic E-state index is 0.103. The highest BCUT2D eigenvalue weighted by Gasteiger charge is 2.19. The van der Waals surface area contributed by atoms with Gasteiger partial charge in [-0.15, -0.1) is 0 Å². The number of benzene rings is 1. The van der Waals surface area contributed by atoms with Crippen molar-refractivity contribution in [2.45, 2.75) is 26.3 Å². The first-order valence-corrected chi connectivity index (χ1v) is 10.8. The van der Waals surface area contributed by atoms with Crippen molar-refractivity contribution in [1.82, 2.24) is 19.7 Å². The van der Waals surface area contributed by atoms with E-state index in [1.54, 1.807) is 37.0 Å². The third kappa shape index (κ3) is 4.25. The quantitative estimate of drug-likeness (QED) is 0.378. The Kier molecular flexibility index (Phi) is 5.44. The summed E-state index contributed by atoms with van der Waals surface area (Å²) in [6.07, 6.45) is 7.67. The van der Waals surface area contributed by atoms with E-state index in [1.165, 1.54) is 5.56 Å². The molecule has 0 spiro atoms. The zero-order chi connectivity index (χ0) is 22.8. The van der Waals surface area contributed by atoms with Gasteiger partial charge in [0.1, 0.15) is 5.69 Å².